The molecule has 6 nitrogen and oxygen atoms in total. The second-order valence-electron chi connectivity index (χ2n) is 4.45. The van der Waals surface area contributed by atoms with E-state index in [1.54, 1.807) is 21.1 Å². The molecule has 0 aliphatic carbocycles. The van der Waals surface area contributed by atoms with Gasteiger partial charge in [-0.15, -0.1) is 0 Å². The zero-order valence-electron chi connectivity index (χ0n) is 12.1. The Morgan fingerprint density at radius 1 is 1.25 bits per heavy atom. The lowest BCUT2D eigenvalue weighted by atomic mass is 9.93. The third-order valence-electron chi connectivity index (χ3n) is 2.96. The molecular weight excluding hydrogens is 302 g/mol. The highest BCUT2D eigenvalue weighted by atomic mass is 32.5. The van der Waals surface area contributed by atoms with Crippen LogP contribution in [0.3, 0.4) is 0 Å². The molecule has 0 spiro atoms. The van der Waals surface area contributed by atoms with Crippen LogP contribution in [0, 0.1) is 0 Å². The van der Waals surface area contributed by atoms with Gasteiger partial charge in [0.25, 0.3) is 0 Å². The Labute approximate surface area is 126 Å². The number of methoxy groups -OCH3 is 2. The van der Waals surface area contributed by atoms with E-state index in [-0.39, 0.29) is 0 Å². The van der Waals surface area contributed by atoms with Crippen LogP contribution in [0.5, 0.6) is 0 Å². The summed E-state index contributed by atoms with van der Waals surface area (Å²) in [6.07, 6.45) is -1.09. The molecule has 0 amide bonds. The molecule has 0 aromatic rings. The van der Waals surface area contributed by atoms with Crippen molar-refractivity contribution < 1.29 is 28.4 Å². The van der Waals surface area contributed by atoms with Crippen molar-refractivity contribution in [2.75, 3.05) is 40.2 Å². The summed E-state index contributed by atoms with van der Waals surface area (Å²) < 4.78 is 26.9. The summed E-state index contributed by atoms with van der Waals surface area (Å²) in [6.45, 7) is 0.0138. The molecule has 0 bridgehead atoms. The van der Waals surface area contributed by atoms with Crippen molar-refractivity contribution in [3.05, 3.63) is 0 Å². The van der Waals surface area contributed by atoms with Crippen molar-refractivity contribution in [2.45, 2.75) is 31.2 Å². The average molecular weight is 324 g/mol. The highest BCUT2D eigenvalue weighted by Crippen LogP contribution is 2.46. The monoisotopic (exact) mass is 324 g/mol. The van der Waals surface area contributed by atoms with Gasteiger partial charge in [-0.2, -0.15) is 0 Å². The number of hydrogen-bond donors (Lipinski definition) is 1. The summed E-state index contributed by atoms with van der Waals surface area (Å²) in [5.74, 6) is 0. The van der Waals surface area contributed by atoms with Crippen LogP contribution in [0.15, 0.2) is 0 Å². The molecule has 1 N–H and O–H groups in total. The van der Waals surface area contributed by atoms with Crippen LogP contribution in [0.25, 0.3) is 0 Å². The van der Waals surface area contributed by atoms with E-state index in [9.17, 15) is 4.89 Å². The summed E-state index contributed by atoms with van der Waals surface area (Å²) in [5.41, 5.74) is 0. The lowest BCUT2D eigenvalue weighted by Crippen LogP contribution is -2.39. The Morgan fingerprint density at radius 2 is 1.95 bits per heavy atom. The smallest absolute Gasteiger partial charge is 0.186 e. The second-order valence-corrected chi connectivity index (χ2v) is 8.28. The van der Waals surface area contributed by atoms with Crippen LogP contribution < -0.4 is 0 Å². The fourth-order valence-corrected chi connectivity index (χ4v) is 2.99. The van der Waals surface area contributed by atoms with Gasteiger partial charge in [-0.1, -0.05) is 6.92 Å². The summed E-state index contributed by atoms with van der Waals surface area (Å²) >= 11 is 5.07. The van der Waals surface area contributed by atoms with E-state index >= 15 is 0 Å². The zero-order valence-corrected chi connectivity index (χ0v) is 13.8. The van der Waals surface area contributed by atoms with Crippen LogP contribution in [0.1, 0.15) is 6.92 Å². The summed E-state index contributed by atoms with van der Waals surface area (Å²) in [5, 5.41) is 0. The topological polar surface area (TPSA) is 66.4 Å². The van der Waals surface area contributed by atoms with Gasteiger partial charge < -0.3 is 28.4 Å². The lowest BCUT2D eigenvalue weighted by Gasteiger charge is -2.27. The average Bonchev–Trinajstić information content (AvgIpc) is 2.67. The van der Waals surface area contributed by atoms with Gasteiger partial charge in [-0.3, -0.25) is 0 Å². The Balaban J connectivity index is 2.74. The highest BCUT2D eigenvalue weighted by molar-refractivity contribution is 8.09. The Bertz CT molecular complexity index is 334. The van der Waals surface area contributed by atoms with E-state index in [2.05, 4.69) is 0 Å². The largest absolute Gasteiger partial charge is 0.382 e. The van der Waals surface area contributed by atoms with Crippen molar-refractivity contribution in [2.24, 2.45) is 0 Å². The molecule has 0 aromatic heterocycles. The molecule has 116 valence electrons. The maximum atomic E-state index is 10.0. The van der Waals surface area contributed by atoms with Crippen LogP contribution in [0.2, 0.25) is 0 Å². The maximum Gasteiger partial charge on any atom is 0.186 e. The predicted molar refractivity (Wildman–Crippen MR) is 79.8 cm³/mol. The fraction of sp³-hybridized carbons (Fsp3) is 1.00. The molecule has 9 heteroatoms. The standard InChI is InChI=1S/C11H22BO6PS/c1-4-19(13,20)18-9-8(7-15-3)17-11(12)10(9)16-6-5-14-2/h8-11H,4-7H2,1-3H3,(H,13,20)/t8-,9?,10+,11-,19?/m1/s1. The predicted octanol–water partition coefficient (Wildman–Crippen LogP) is 0.265. The van der Waals surface area contributed by atoms with Gasteiger partial charge in [0, 0.05) is 26.4 Å². The third-order valence-corrected chi connectivity index (χ3v) is 5.37. The zero-order chi connectivity index (χ0) is 15.2. The van der Waals surface area contributed by atoms with Gasteiger partial charge >= 0.3 is 0 Å². The molecule has 1 heterocycles. The van der Waals surface area contributed by atoms with Crippen LogP contribution in [-0.4, -0.2) is 77.3 Å². The van der Waals surface area contributed by atoms with Gasteiger partial charge in [-0.25, -0.2) is 0 Å². The SMILES string of the molecule is [B][C@@H]1O[C@H](COC)C(OP(O)(=S)CC)[C@@H]1OCCOC. The van der Waals surface area contributed by atoms with Crippen LogP contribution >= 0.6 is 6.49 Å². The second kappa shape index (κ2) is 8.81. The van der Waals surface area contributed by atoms with Crippen molar-refractivity contribution in [1.82, 2.24) is 0 Å². The van der Waals surface area contributed by atoms with E-state index in [0.717, 1.165) is 0 Å². The minimum absolute atomic E-state index is 0.293. The Morgan fingerprint density at radius 3 is 2.50 bits per heavy atom. The maximum absolute atomic E-state index is 10.0. The van der Waals surface area contributed by atoms with E-state index in [0.29, 0.717) is 26.0 Å². The molecule has 1 fully saturated rings. The number of hydrogen-bond acceptors (Lipinski definition) is 6. The first-order chi connectivity index (χ1) is 9.45. The van der Waals surface area contributed by atoms with E-state index in [1.807, 2.05) is 0 Å². The fourth-order valence-electron chi connectivity index (χ4n) is 1.90. The molecule has 1 aliphatic heterocycles. The minimum Gasteiger partial charge on any atom is -0.382 e. The first kappa shape index (κ1) is 18.5. The molecule has 0 saturated carbocycles. The third kappa shape index (κ3) is 5.35. The molecule has 1 aliphatic rings. The Kier molecular flexibility index (Phi) is 8.16. The van der Waals surface area contributed by atoms with E-state index < -0.39 is 30.8 Å². The van der Waals surface area contributed by atoms with Gasteiger partial charge in [0.2, 0.25) is 0 Å². The summed E-state index contributed by atoms with van der Waals surface area (Å²) in [7, 11) is 9.05. The van der Waals surface area contributed by atoms with Gasteiger partial charge in [-0.05, 0) is 11.8 Å². The minimum atomic E-state index is -2.86. The first-order valence-electron chi connectivity index (χ1n) is 6.46. The molecule has 2 unspecified atom stereocenters. The van der Waals surface area contributed by atoms with Crippen molar-refractivity contribution in [1.29, 1.82) is 0 Å². The highest BCUT2D eigenvalue weighted by Gasteiger charge is 2.45. The molecule has 1 saturated heterocycles. The molecule has 1 rings (SSSR count). The molecule has 5 atom stereocenters. The van der Waals surface area contributed by atoms with Crippen molar-refractivity contribution in [3.8, 4) is 0 Å². The quantitative estimate of drug-likeness (QED) is 0.371. The van der Waals surface area contributed by atoms with Gasteiger partial charge in [0.05, 0.1) is 19.8 Å². The number of rotatable bonds is 9. The Hall–Kier alpha value is 0.475. The van der Waals surface area contributed by atoms with Crippen LogP contribution in [-0.2, 0) is 35.3 Å². The summed E-state index contributed by atoms with van der Waals surface area (Å²) in [6, 6.07) is -0.649. The van der Waals surface area contributed by atoms with Crippen LogP contribution in [0.4, 0.5) is 0 Å². The first-order valence-corrected chi connectivity index (χ1v) is 9.31. The van der Waals surface area contributed by atoms with E-state index in [1.165, 1.54) is 0 Å². The van der Waals surface area contributed by atoms with Gasteiger partial charge in [0.15, 0.2) is 6.49 Å². The van der Waals surface area contributed by atoms with Crippen molar-refractivity contribution >= 4 is 26.1 Å². The molecule has 0 aromatic carbocycles. The van der Waals surface area contributed by atoms with Crippen molar-refractivity contribution in [3.63, 3.8) is 0 Å². The molecular formula is C11H22BO6PS. The van der Waals surface area contributed by atoms with Gasteiger partial charge in [0.1, 0.15) is 26.2 Å². The molecule has 2 radical (unpaired) electrons. The lowest BCUT2D eigenvalue weighted by molar-refractivity contribution is -0.0331. The molecule has 20 heavy (non-hydrogen) atoms. The number of ether oxygens (including phenoxy) is 4. The van der Waals surface area contributed by atoms with E-state index in [4.69, 9.17) is 43.1 Å². The normalized spacial score (nSPS) is 33.2. The summed E-state index contributed by atoms with van der Waals surface area (Å²) in [4.78, 5) is 10.0.